The molecule has 1 rings (SSSR count). The van der Waals surface area contributed by atoms with Crippen LogP contribution in [0.3, 0.4) is 0 Å². The molecule has 0 bridgehead atoms. The minimum atomic E-state index is -4.21. The average Bonchev–Trinajstić information content (AvgIpc) is 2.34. The molecule has 0 saturated carbocycles. The lowest BCUT2D eigenvalue weighted by Crippen LogP contribution is -2.22. The molecule has 0 fully saturated rings. The molecule has 0 aromatic heterocycles. The van der Waals surface area contributed by atoms with Gasteiger partial charge in [0.2, 0.25) is 10.0 Å². The summed E-state index contributed by atoms with van der Waals surface area (Å²) in [5.74, 6) is 0. The predicted octanol–water partition coefficient (Wildman–Crippen LogP) is 2.27. The standard InChI is InChI=1S/C12H18F3N3O2S/c1-18(2)21(19,20)9-4-5-10(16)11(8-9)17-7-3-6-12(13,14)15/h4-5,8,17H,3,6-7,16H2,1-2H3. The largest absolute Gasteiger partial charge is 0.397 e. The summed E-state index contributed by atoms with van der Waals surface area (Å²) >= 11 is 0. The average molecular weight is 325 g/mol. The fourth-order valence-electron chi connectivity index (χ4n) is 1.57. The molecule has 0 spiro atoms. The lowest BCUT2D eigenvalue weighted by atomic mass is 10.2. The number of halogens is 3. The minimum Gasteiger partial charge on any atom is -0.397 e. The number of nitrogens with one attached hydrogen (secondary N) is 1. The van der Waals surface area contributed by atoms with E-state index < -0.39 is 22.6 Å². The molecule has 0 aliphatic heterocycles. The maximum Gasteiger partial charge on any atom is 0.389 e. The number of nitrogens with two attached hydrogens (primary N) is 1. The summed E-state index contributed by atoms with van der Waals surface area (Å²) in [5, 5.41) is 2.73. The molecule has 21 heavy (non-hydrogen) atoms. The molecular formula is C12H18F3N3O2S. The van der Waals surface area contributed by atoms with Crippen molar-refractivity contribution in [1.29, 1.82) is 0 Å². The Kier molecular flexibility index (Phi) is 5.46. The molecule has 0 aliphatic carbocycles. The van der Waals surface area contributed by atoms with Crippen LogP contribution in [0.4, 0.5) is 24.5 Å². The Balaban J connectivity index is 2.80. The second-order valence-electron chi connectivity index (χ2n) is 4.68. The molecule has 0 unspecified atom stereocenters. The molecule has 0 heterocycles. The fraction of sp³-hybridized carbons (Fsp3) is 0.500. The Morgan fingerprint density at radius 1 is 1.29 bits per heavy atom. The van der Waals surface area contributed by atoms with Gasteiger partial charge in [0.15, 0.2) is 0 Å². The summed E-state index contributed by atoms with van der Waals surface area (Å²) in [6.07, 6.45) is -5.23. The molecule has 0 saturated heterocycles. The third kappa shape index (κ3) is 5.09. The van der Waals surface area contributed by atoms with Gasteiger partial charge >= 0.3 is 6.18 Å². The highest BCUT2D eigenvalue weighted by molar-refractivity contribution is 7.89. The first kappa shape index (κ1) is 17.6. The summed E-state index contributed by atoms with van der Waals surface area (Å²) in [6, 6.07) is 4.08. The Hall–Kier alpha value is -1.48. The normalized spacial score (nSPS) is 12.7. The molecule has 0 aliphatic rings. The van der Waals surface area contributed by atoms with Gasteiger partial charge in [-0.1, -0.05) is 0 Å². The van der Waals surface area contributed by atoms with Crippen molar-refractivity contribution in [1.82, 2.24) is 4.31 Å². The van der Waals surface area contributed by atoms with Gasteiger partial charge in [0.05, 0.1) is 16.3 Å². The number of anilines is 2. The van der Waals surface area contributed by atoms with E-state index >= 15 is 0 Å². The van der Waals surface area contributed by atoms with E-state index in [9.17, 15) is 21.6 Å². The number of sulfonamides is 1. The smallest absolute Gasteiger partial charge is 0.389 e. The fourth-order valence-corrected chi connectivity index (χ4v) is 2.50. The van der Waals surface area contributed by atoms with Crippen LogP contribution < -0.4 is 11.1 Å². The van der Waals surface area contributed by atoms with Crippen molar-refractivity contribution in [3.8, 4) is 0 Å². The third-order valence-electron chi connectivity index (χ3n) is 2.76. The van der Waals surface area contributed by atoms with Crippen molar-refractivity contribution in [2.45, 2.75) is 23.9 Å². The van der Waals surface area contributed by atoms with E-state index in [1.807, 2.05) is 0 Å². The molecule has 0 atom stereocenters. The summed E-state index contributed by atoms with van der Waals surface area (Å²) in [4.78, 5) is 0.0278. The molecular weight excluding hydrogens is 307 g/mol. The van der Waals surface area contributed by atoms with Crippen molar-refractivity contribution < 1.29 is 21.6 Å². The van der Waals surface area contributed by atoms with Crippen molar-refractivity contribution in [2.75, 3.05) is 31.7 Å². The highest BCUT2D eigenvalue weighted by Gasteiger charge is 2.26. The summed E-state index contributed by atoms with van der Waals surface area (Å²) in [6.45, 7) is 0.0508. The van der Waals surface area contributed by atoms with Gasteiger partial charge in [-0.15, -0.1) is 0 Å². The van der Waals surface area contributed by atoms with Gasteiger partial charge in [0, 0.05) is 27.1 Å². The van der Waals surface area contributed by atoms with Crippen LogP contribution >= 0.6 is 0 Å². The number of hydrogen-bond acceptors (Lipinski definition) is 4. The highest BCUT2D eigenvalue weighted by atomic mass is 32.2. The van der Waals surface area contributed by atoms with Crippen LogP contribution in [0, 0.1) is 0 Å². The van der Waals surface area contributed by atoms with Crippen molar-refractivity contribution in [3.05, 3.63) is 18.2 Å². The zero-order valence-electron chi connectivity index (χ0n) is 11.7. The molecule has 1 aromatic carbocycles. The van der Waals surface area contributed by atoms with Crippen LogP contribution in [0.25, 0.3) is 0 Å². The summed E-state index contributed by atoms with van der Waals surface area (Å²) < 4.78 is 61.1. The van der Waals surface area contributed by atoms with Gasteiger partial charge in [-0.3, -0.25) is 0 Å². The van der Waals surface area contributed by atoms with E-state index in [0.717, 1.165) is 4.31 Å². The van der Waals surface area contributed by atoms with Crippen LogP contribution in [0.15, 0.2) is 23.1 Å². The summed E-state index contributed by atoms with van der Waals surface area (Å²) in [7, 11) is -0.830. The second-order valence-corrected chi connectivity index (χ2v) is 6.83. The van der Waals surface area contributed by atoms with Gasteiger partial charge in [-0.2, -0.15) is 13.2 Å². The zero-order chi connectivity index (χ0) is 16.3. The number of nitrogen functional groups attached to an aromatic ring is 1. The predicted molar refractivity (Wildman–Crippen MR) is 75.5 cm³/mol. The Morgan fingerprint density at radius 3 is 2.43 bits per heavy atom. The molecule has 1 aromatic rings. The van der Waals surface area contributed by atoms with Gasteiger partial charge in [0.25, 0.3) is 0 Å². The molecule has 0 radical (unpaired) electrons. The van der Waals surface area contributed by atoms with Crippen molar-refractivity contribution in [2.24, 2.45) is 0 Å². The van der Waals surface area contributed by atoms with Crippen LogP contribution in [0.5, 0.6) is 0 Å². The maximum absolute atomic E-state index is 12.0. The Morgan fingerprint density at radius 2 is 1.90 bits per heavy atom. The number of alkyl halides is 3. The number of rotatable bonds is 6. The molecule has 0 amide bonds. The first-order valence-corrected chi connectivity index (χ1v) is 7.61. The maximum atomic E-state index is 12.0. The number of hydrogen-bond donors (Lipinski definition) is 2. The first-order chi connectivity index (χ1) is 9.54. The van der Waals surface area contributed by atoms with Crippen LogP contribution in [0.1, 0.15) is 12.8 Å². The van der Waals surface area contributed by atoms with Gasteiger partial charge in [0.1, 0.15) is 0 Å². The van der Waals surface area contributed by atoms with Crippen LogP contribution in [-0.4, -0.2) is 39.5 Å². The van der Waals surface area contributed by atoms with E-state index in [1.54, 1.807) is 0 Å². The number of benzene rings is 1. The van der Waals surface area contributed by atoms with Crippen LogP contribution in [0.2, 0.25) is 0 Å². The van der Waals surface area contributed by atoms with E-state index in [2.05, 4.69) is 5.32 Å². The number of nitrogens with zero attached hydrogens (tertiary/aromatic N) is 1. The highest BCUT2D eigenvalue weighted by Crippen LogP contribution is 2.25. The van der Waals surface area contributed by atoms with Crippen molar-refractivity contribution >= 4 is 21.4 Å². The SMILES string of the molecule is CN(C)S(=O)(=O)c1ccc(N)c(NCCCC(F)(F)F)c1. The Labute approximate surface area is 122 Å². The second kappa shape index (κ2) is 6.52. The van der Waals surface area contributed by atoms with Crippen molar-refractivity contribution in [3.63, 3.8) is 0 Å². The lowest BCUT2D eigenvalue weighted by molar-refractivity contribution is -0.134. The van der Waals surface area contributed by atoms with E-state index in [1.165, 1.54) is 32.3 Å². The molecule has 120 valence electrons. The first-order valence-electron chi connectivity index (χ1n) is 6.17. The Bertz CT molecular complexity index is 586. The van der Waals surface area contributed by atoms with Gasteiger partial charge < -0.3 is 11.1 Å². The van der Waals surface area contributed by atoms with E-state index in [0.29, 0.717) is 5.69 Å². The third-order valence-corrected chi connectivity index (χ3v) is 4.57. The molecule has 5 nitrogen and oxygen atoms in total. The van der Waals surface area contributed by atoms with E-state index in [4.69, 9.17) is 5.73 Å². The molecule has 9 heteroatoms. The topological polar surface area (TPSA) is 75.4 Å². The van der Waals surface area contributed by atoms with Crippen LogP contribution in [-0.2, 0) is 10.0 Å². The van der Waals surface area contributed by atoms with Gasteiger partial charge in [-0.25, -0.2) is 12.7 Å². The van der Waals surface area contributed by atoms with Gasteiger partial charge in [-0.05, 0) is 24.6 Å². The molecule has 3 N–H and O–H groups in total. The zero-order valence-corrected chi connectivity index (χ0v) is 12.6. The lowest BCUT2D eigenvalue weighted by Gasteiger charge is -2.15. The minimum absolute atomic E-state index is 0.0278. The quantitative estimate of drug-likeness (QED) is 0.621. The summed E-state index contributed by atoms with van der Waals surface area (Å²) in [5.41, 5.74) is 6.27. The van der Waals surface area contributed by atoms with E-state index in [-0.39, 0.29) is 23.5 Å². The monoisotopic (exact) mass is 325 g/mol.